The highest BCUT2D eigenvalue weighted by Gasteiger charge is 2.27. The molecule has 214 valence electrons. The summed E-state index contributed by atoms with van der Waals surface area (Å²) in [6.45, 7) is 13.3. The second-order valence-electron chi connectivity index (χ2n) is 11.2. The zero-order valence-electron chi connectivity index (χ0n) is 24.3. The van der Waals surface area contributed by atoms with E-state index in [1.54, 1.807) is 49.9 Å². The van der Waals surface area contributed by atoms with Crippen molar-refractivity contribution in [3.05, 3.63) is 52.6 Å². The SMILES string of the molecule is CCCCCCN(C(=O)OC(C)(C)C)c1ccc(Oc2ccc([N+](=O)[O-])c(N(C)C(=O)OC(C)(C)C)c2)cc1. The van der Waals surface area contributed by atoms with Crippen LogP contribution >= 0.6 is 0 Å². The predicted molar refractivity (Wildman–Crippen MR) is 152 cm³/mol. The lowest BCUT2D eigenvalue weighted by Gasteiger charge is -2.27. The van der Waals surface area contributed by atoms with Crippen molar-refractivity contribution in [1.29, 1.82) is 0 Å². The van der Waals surface area contributed by atoms with E-state index in [0.29, 0.717) is 23.7 Å². The van der Waals surface area contributed by atoms with Crippen LogP contribution in [0.15, 0.2) is 42.5 Å². The number of hydrogen-bond acceptors (Lipinski definition) is 7. The minimum atomic E-state index is -0.765. The van der Waals surface area contributed by atoms with Crippen molar-refractivity contribution in [2.75, 3.05) is 23.4 Å². The minimum absolute atomic E-state index is 0.0338. The Labute approximate surface area is 231 Å². The lowest BCUT2D eigenvalue weighted by atomic mass is 10.2. The van der Waals surface area contributed by atoms with Crippen LogP contribution in [0, 0.1) is 10.1 Å². The molecule has 10 nitrogen and oxygen atoms in total. The molecular formula is C29H41N3O7. The molecule has 2 amide bonds. The van der Waals surface area contributed by atoms with Crippen LogP contribution < -0.4 is 14.5 Å². The van der Waals surface area contributed by atoms with E-state index in [-0.39, 0.29) is 11.4 Å². The molecule has 0 heterocycles. The number of ether oxygens (including phenoxy) is 3. The first-order valence-corrected chi connectivity index (χ1v) is 13.1. The van der Waals surface area contributed by atoms with Gasteiger partial charge in [-0.15, -0.1) is 0 Å². The van der Waals surface area contributed by atoms with Gasteiger partial charge in [0.05, 0.1) is 4.92 Å². The normalized spacial score (nSPS) is 11.5. The number of carbonyl (C=O) groups is 2. The number of carbonyl (C=O) groups excluding carboxylic acids is 2. The molecule has 10 heteroatoms. The molecule has 0 spiro atoms. The van der Waals surface area contributed by atoms with Crippen molar-refractivity contribution in [2.45, 2.75) is 85.4 Å². The maximum atomic E-state index is 12.9. The summed E-state index contributed by atoms with van der Waals surface area (Å²) in [5.41, 5.74) is -0.947. The Morgan fingerprint density at radius 2 is 1.41 bits per heavy atom. The highest BCUT2D eigenvalue weighted by molar-refractivity contribution is 5.91. The van der Waals surface area contributed by atoms with Gasteiger partial charge in [0, 0.05) is 31.4 Å². The van der Waals surface area contributed by atoms with Gasteiger partial charge in [0.2, 0.25) is 0 Å². The first-order chi connectivity index (χ1) is 18.1. The fraction of sp³-hybridized carbons (Fsp3) is 0.517. The van der Waals surface area contributed by atoms with Gasteiger partial charge in [0.25, 0.3) is 5.69 Å². The monoisotopic (exact) mass is 543 g/mol. The number of rotatable bonds is 10. The third kappa shape index (κ3) is 10.1. The molecule has 0 radical (unpaired) electrons. The van der Waals surface area contributed by atoms with Crippen molar-refractivity contribution >= 4 is 29.2 Å². The average molecular weight is 544 g/mol. The van der Waals surface area contributed by atoms with Crippen LogP contribution in [0.2, 0.25) is 0 Å². The molecule has 0 aliphatic rings. The van der Waals surface area contributed by atoms with Crippen LogP contribution in [0.5, 0.6) is 11.5 Å². The van der Waals surface area contributed by atoms with Gasteiger partial charge < -0.3 is 14.2 Å². The quantitative estimate of drug-likeness (QED) is 0.169. The molecule has 0 bridgehead atoms. The van der Waals surface area contributed by atoms with E-state index in [0.717, 1.165) is 30.6 Å². The molecule has 0 aromatic heterocycles. The molecule has 0 saturated carbocycles. The number of nitrogens with zero attached hydrogens (tertiary/aromatic N) is 3. The molecule has 0 atom stereocenters. The minimum Gasteiger partial charge on any atom is -0.457 e. The summed E-state index contributed by atoms with van der Waals surface area (Å²) < 4.78 is 16.9. The Bertz CT molecular complexity index is 1140. The van der Waals surface area contributed by atoms with Gasteiger partial charge in [0.15, 0.2) is 0 Å². The predicted octanol–water partition coefficient (Wildman–Crippen LogP) is 8.08. The zero-order valence-corrected chi connectivity index (χ0v) is 24.3. The van der Waals surface area contributed by atoms with Gasteiger partial charge in [0.1, 0.15) is 28.4 Å². The van der Waals surface area contributed by atoms with E-state index in [2.05, 4.69) is 6.92 Å². The maximum absolute atomic E-state index is 12.9. The molecule has 0 saturated heterocycles. The number of nitro groups is 1. The van der Waals surface area contributed by atoms with Crippen molar-refractivity contribution in [1.82, 2.24) is 0 Å². The second-order valence-corrected chi connectivity index (χ2v) is 11.2. The smallest absolute Gasteiger partial charge is 0.414 e. The van der Waals surface area contributed by atoms with Crippen molar-refractivity contribution in [2.24, 2.45) is 0 Å². The van der Waals surface area contributed by atoms with E-state index in [1.807, 2.05) is 20.8 Å². The Morgan fingerprint density at radius 3 is 1.95 bits per heavy atom. The summed E-state index contributed by atoms with van der Waals surface area (Å²) in [7, 11) is 1.40. The topological polar surface area (TPSA) is 111 Å². The summed E-state index contributed by atoms with van der Waals surface area (Å²) in [6, 6.07) is 11.1. The molecule has 0 aliphatic carbocycles. The standard InChI is InChI=1S/C29H41N3O7/c1-9-10-11-12-19-31(27(34)39-29(5,6)7)21-13-15-22(16-14-21)37-23-17-18-24(32(35)36)25(20-23)30(8)26(33)38-28(2,3)4/h13-18,20H,9-12,19H2,1-8H3. The summed E-state index contributed by atoms with van der Waals surface area (Å²) in [5, 5.41) is 11.6. The summed E-state index contributed by atoms with van der Waals surface area (Å²) in [4.78, 5) is 39.2. The summed E-state index contributed by atoms with van der Waals surface area (Å²) >= 11 is 0. The van der Waals surface area contributed by atoms with Gasteiger partial charge >= 0.3 is 12.2 Å². The Balaban J connectivity index is 2.27. The Morgan fingerprint density at radius 1 is 0.846 bits per heavy atom. The lowest BCUT2D eigenvalue weighted by Crippen LogP contribution is -2.37. The zero-order chi connectivity index (χ0) is 29.4. The van der Waals surface area contributed by atoms with Crippen molar-refractivity contribution < 1.29 is 28.7 Å². The molecule has 2 aromatic rings. The first-order valence-electron chi connectivity index (χ1n) is 13.1. The molecule has 0 fully saturated rings. The van der Waals surface area contributed by atoms with Gasteiger partial charge in [-0.2, -0.15) is 0 Å². The third-order valence-corrected chi connectivity index (χ3v) is 5.41. The van der Waals surface area contributed by atoms with Gasteiger partial charge in [-0.3, -0.25) is 19.9 Å². The van der Waals surface area contributed by atoms with E-state index in [9.17, 15) is 19.7 Å². The molecule has 0 unspecified atom stereocenters. The number of amides is 2. The van der Waals surface area contributed by atoms with Crippen LogP contribution in [-0.4, -0.2) is 41.9 Å². The molecule has 0 N–H and O–H groups in total. The van der Waals surface area contributed by atoms with E-state index in [1.165, 1.54) is 25.2 Å². The summed E-state index contributed by atoms with van der Waals surface area (Å²) in [6.07, 6.45) is 2.90. The number of unbranched alkanes of at least 4 members (excludes halogenated alkanes) is 3. The van der Waals surface area contributed by atoms with Crippen LogP contribution in [0.3, 0.4) is 0 Å². The number of hydrogen-bond donors (Lipinski definition) is 0. The Kier molecular flexibility index (Phi) is 10.7. The van der Waals surface area contributed by atoms with Crippen LogP contribution in [0.4, 0.5) is 26.7 Å². The van der Waals surface area contributed by atoms with E-state index in [4.69, 9.17) is 14.2 Å². The van der Waals surface area contributed by atoms with Gasteiger partial charge in [-0.05, 0) is 78.3 Å². The van der Waals surface area contributed by atoms with E-state index < -0.39 is 28.3 Å². The third-order valence-electron chi connectivity index (χ3n) is 5.41. The fourth-order valence-electron chi connectivity index (χ4n) is 3.59. The lowest BCUT2D eigenvalue weighted by molar-refractivity contribution is -0.384. The molecular weight excluding hydrogens is 502 g/mol. The van der Waals surface area contributed by atoms with Crippen LogP contribution in [0.1, 0.15) is 74.1 Å². The second kappa shape index (κ2) is 13.3. The highest BCUT2D eigenvalue weighted by Crippen LogP contribution is 2.35. The largest absolute Gasteiger partial charge is 0.457 e. The van der Waals surface area contributed by atoms with Crippen molar-refractivity contribution in [3.8, 4) is 11.5 Å². The maximum Gasteiger partial charge on any atom is 0.414 e. The van der Waals surface area contributed by atoms with Crippen LogP contribution in [0.25, 0.3) is 0 Å². The average Bonchev–Trinajstić information content (AvgIpc) is 2.82. The van der Waals surface area contributed by atoms with Gasteiger partial charge in [-0.25, -0.2) is 9.59 Å². The molecule has 2 rings (SSSR count). The first kappa shape index (κ1) is 31.4. The Hall–Kier alpha value is -3.82. The number of benzene rings is 2. The van der Waals surface area contributed by atoms with Gasteiger partial charge in [-0.1, -0.05) is 26.2 Å². The number of nitro benzene ring substituents is 1. The van der Waals surface area contributed by atoms with Crippen molar-refractivity contribution in [3.63, 3.8) is 0 Å². The highest BCUT2D eigenvalue weighted by atomic mass is 16.6. The number of anilines is 2. The van der Waals surface area contributed by atoms with Crippen LogP contribution in [-0.2, 0) is 9.47 Å². The molecule has 39 heavy (non-hydrogen) atoms. The summed E-state index contributed by atoms with van der Waals surface area (Å²) in [5.74, 6) is 0.746. The molecule has 2 aromatic carbocycles. The fourth-order valence-corrected chi connectivity index (χ4v) is 3.59. The van der Waals surface area contributed by atoms with E-state index >= 15 is 0 Å². The molecule has 0 aliphatic heterocycles.